The summed E-state index contributed by atoms with van der Waals surface area (Å²) in [6.45, 7) is 13.1. The molecular weight excluding hydrogens is 404 g/mol. The van der Waals surface area contributed by atoms with Crippen LogP contribution in [0.2, 0.25) is 0 Å². The van der Waals surface area contributed by atoms with Crippen molar-refractivity contribution in [3.8, 4) is 0 Å². The fourth-order valence-corrected chi connectivity index (χ4v) is 9.28. The molecule has 178 valence electrons. The van der Waals surface area contributed by atoms with E-state index in [0.29, 0.717) is 32.1 Å². The molecule has 2 saturated carbocycles. The van der Waals surface area contributed by atoms with Gasteiger partial charge in [0.05, 0.1) is 12.2 Å². The number of fused-ring (bicyclic) bond motifs is 4. The number of rotatable bonds is 1. The Labute approximate surface area is 192 Å². The summed E-state index contributed by atoms with van der Waals surface area (Å²) in [4.78, 5) is 25.9. The summed E-state index contributed by atoms with van der Waals surface area (Å²) >= 11 is 0. The van der Waals surface area contributed by atoms with Gasteiger partial charge in [-0.3, -0.25) is 9.59 Å². The van der Waals surface area contributed by atoms with E-state index in [9.17, 15) is 19.8 Å². The molecule has 1 aliphatic heterocycles. The van der Waals surface area contributed by atoms with Crippen LogP contribution < -0.4 is 0 Å². The van der Waals surface area contributed by atoms with Crippen LogP contribution in [0.15, 0.2) is 11.1 Å². The average Bonchev–Trinajstić information content (AvgIpc) is 3.21. The lowest BCUT2D eigenvalue weighted by Crippen LogP contribution is -2.59. The summed E-state index contributed by atoms with van der Waals surface area (Å²) in [5, 5.41) is 22.4. The Kier molecular flexibility index (Phi) is 4.72. The smallest absolute Gasteiger partial charge is 0.306 e. The number of aliphatic hydroxyl groups is 2. The fourth-order valence-electron chi connectivity index (χ4n) is 9.28. The number of aliphatic hydroxyl groups excluding tert-OH is 2. The van der Waals surface area contributed by atoms with E-state index in [2.05, 4.69) is 41.5 Å². The first kappa shape index (κ1) is 22.6. The number of hydrogen-bond acceptors (Lipinski definition) is 5. The van der Waals surface area contributed by atoms with Crippen LogP contribution in [0.3, 0.4) is 0 Å². The van der Waals surface area contributed by atoms with E-state index in [-0.39, 0.29) is 52.5 Å². The van der Waals surface area contributed by atoms with Gasteiger partial charge in [0.1, 0.15) is 6.10 Å². The first-order valence-corrected chi connectivity index (χ1v) is 12.6. The molecule has 32 heavy (non-hydrogen) atoms. The highest BCUT2D eigenvalue weighted by molar-refractivity contribution is 6.00. The molecule has 9 atom stereocenters. The van der Waals surface area contributed by atoms with E-state index in [1.54, 1.807) is 0 Å². The molecule has 0 spiro atoms. The van der Waals surface area contributed by atoms with Crippen molar-refractivity contribution in [1.82, 2.24) is 0 Å². The van der Waals surface area contributed by atoms with Gasteiger partial charge in [0.2, 0.25) is 0 Å². The fraction of sp³-hybridized carbons (Fsp3) is 0.852. The number of esters is 1. The lowest BCUT2D eigenvalue weighted by Gasteiger charge is -2.63. The van der Waals surface area contributed by atoms with Crippen LogP contribution in [-0.2, 0) is 14.3 Å². The number of cyclic esters (lactones) is 1. The third-order valence-corrected chi connectivity index (χ3v) is 11.3. The molecule has 3 unspecified atom stereocenters. The molecule has 0 radical (unpaired) electrons. The highest BCUT2D eigenvalue weighted by Crippen LogP contribution is 2.72. The molecule has 5 aliphatic rings. The van der Waals surface area contributed by atoms with E-state index >= 15 is 0 Å². The molecule has 2 N–H and O–H groups in total. The highest BCUT2D eigenvalue weighted by atomic mass is 16.5. The second kappa shape index (κ2) is 6.69. The lowest BCUT2D eigenvalue weighted by atomic mass is 9.41. The van der Waals surface area contributed by atoms with Gasteiger partial charge >= 0.3 is 5.97 Å². The normalized spacial score (nSPS) is 52.4. The minimum Gasteiger partial charge on any atom is -0.462 e. The molecule has 0 amide bonds. The Hall–Kier alpha value is -1.20. The summed E-state index contributed by atoms with van der Waals surface area (Å²) in [6.07, 6.45) is 3.42. The number of hydrogen-bond donors (Lipinski definition) is 2. The van der Waals surface area contributed by atoms with E-state index in [1.807, 2.05) is 0 Å². The third kappa shape index (κ3) is 2.53. The molecule has 5 rings (SSSR count). The molecule has 5 heteroatoms. The van der Waals surface area contributed by atoms with Crippen LogP contribution in [0.25, 0.3) is 0 Å². The van der Waals surface area contributed by atoms with E-state index < -0.39 is 16.9 Å². The second-order valence-corrected chi connectivity index (χ2v) is 12.9. The second-order valence-electron chi connectivity index (χ2n) is 12.9. The summed E-state index contributed by atoms with van der Waals surface area (Å²) in [5.74, 6) is 0.451. The van der Waals surface area contributed by atoms with E-state index in [4.69, 9.17) is 4.74 Å². The monoisotopic (exact) mass is 444 g/mol. The van der Waals surface area contributed by atoms with Gasteiger partial charge in [-0.2, -0.15) is 0 Å². The largest absolute Gasteiger partial charge is 0.462 e. The first-order chi connectivity index (χ1) is 14.8. The number of ether oxygens (including phenoxy) is 1. The number of Topliss-reactive ketones (excluding diaryl/α,β-unsaturated/α-hetero) is 1. The maximum atomic E-state index is 14.0. The van der Waals surface area contributed by atoms with Crippen molar-refractivity contribution in [1.29, 1.82) is 0 Å². The Balaban J connectivity index is 1.67. The summed E-state index contributed by atoms with van der Waals surface area (Å²) < 4.78 is 5.69. The summed E-state index contributed by atoms with van der Waals surface area (Å²) in [7, 11) is 0. The van der Waals surface area contributed by atoms with Gasteiger partial charge in [0, 0.05) is 29.7 Å². The van der Waals surface area contributed by atoms with Crippen molar-refractivity contribution in [2.45, 2.75) is 105 Å². The molecular formula is C27H40O5. The minimum atomic E-state index is -0.556. The van der Waals surface area contributed by atoms with Crippen molar-refractivity contribution < 1.29 is 24.5 Å². The van der Waals surface area contributed by atoms with Crippen molar-refractivity contribution >= 4 is 11.8 Å². The van der Waals surface area contributed by atoms with E-state index in [1.165, 1.54) is 5.57 Å². The zero-order valence-corrected chi connectivity index (χ0v) is 20.5. The van der Waals surface area contributed by atoms with Crippen molar-refractivity contribution in [2.75, 3.05) is 0 Å². The van der Waals surface area contributed by atoms with Crippen LogP contribution in [-0.4, -0.2) is 40.3 Å². The Morgan fingerprint density at radius 3 is 2.28 bits per heavy atom. The molecule has 0 aromatic heterocycles. The Morgan fingerprint density at radius 1 is 0.969 bits per heavy atom. The number of carbonyl (C=O) groups excluding carboxylic acids is 2. The molecule has 5 nitrogen and oxygen atoms in total. The maximum Gasteiger partial charge on any atom is 0.306 e. The molecule has 0 aromatic rings. The number of carbonyl (C=O) groups is 2. The maximum absolute atomic E-state index is 14.0. The van der Waals surface area contributed by atoms with E-state index in [0.717, 1.165) is 18.4 Å². The van der Waals surface area contributed by atoms with Gasteiger partial charge < -0.3 is 14.9 Å². The number of allylic oxidation sites excluding steroid dienone is 1. The third-order valence-electron chi connectivity index (χ3n) is 11.3. The summed E-state index contributed by atoms with van der Waals surface area (Å²) in [5.41, 5.74) is 0.661. The van der Waals surface area contributed by atoms with Crippen LogP contribution in [0.1, 0.15) is 86.5 Å². The molecule has 1 saturated heterocycles. The number of ketones is 1. The highest BCUT2D eigenvalue weighted by Gasteiger charge is 2.70. The zero-order chi connectivity index (χ0) is 23.4. The van der Waals surface area contributed by atoms with Gasteiger partial charge in [-0.25, -0.2) is 0 Å². The summed E-state index contributed by atoms with van der Waals surface area (Å²) in [6, 6.07) is 0. The van der Waals surface area contributed by atoms with Crippen LogP contribution in [0.5, 0.6) is 0 Å². The Morgan fingerprint density at radius 2 is 1.66 bits per heavy atom. The lowest BCUT2D eigenvalue weighted by molar-refractivity contribution is -0.147. The van der Waals surface area contributed by atoms with Crippen LogP contribution >= 0.6 is 0 Å². The zero-order valence-electron chi connectivity index (χ0n) is 20.5. The average molecular weight is 445 g/mol. The van der Waals surface area contributed by atoms with Crippen molar-refractivity contribution in [2.24, 2.45) is 39.4 Å². The molecule has 3 fully saturated rings. The quantitative estimate of drug-likeness (QED) is 0.592. The molecule has 0 bridgehead atoms. The SMILES string of the molecule is CC1CC2C(C)(C)[C@@H](O)CC[C@]2(C)C2=C1[C@]1(C)[C@H](O)C[C@H](C3CCC(=O)O3)[C@@]1(C)CC2=O. The van der Waals surface area contributed by atoms with Gasteiger partial charge in [-0.1, -0.05) is 47.1 Å². The van der Waals surface area contributed by atoms with Crippen molar-refractivity contribution in [3.05, 3.63) is 11.1 Å². The predicted octanol–water partition coefficient (Wildman–Crippen LogP) is 4.20. The van der Waals surface area contributed by atoms with Crippen molar-refractivity contribution in [3.63, 3.8) is 0 Å². The standard InChI is InChI=1S/C27H40O5/c1-14-11-18-24(2,3)19(29)9-10-25(18,4)23-16(28)13-26(5)15(17-7-8-21(31)32-17)12-20(30)27(26,6)22(14)23/h14-15,17-20,29-30H,7-13H2,1-6H3/t14?,15-,17?,18?,19+,20-,25+,26-,27+/m1/s1. The van der Waals surface area contributed by atoms with Gasteiger partial charge in [-0.05, 0) is 60.2 Å². The predicted molar refractivity (Wildman–Crippen MR) is 120 cm³/mol. The molecule has 1 heterocycles. The topological polar surface area (TPSA) is 83.8 Å². The molecule has 0 aromatic carbocycles. The van der Waals surface area contributed by atoms with Crippen LogP contribution in [0, 0.1) is 39.4 Å². The van der Waals surface area contributed by atoms with Gasteiger partial charge in [0.25, 0.3) is 0 Å². The van der Waals surface area contributed by atoms with Crippen LogP contribution in [0.4, 0.5) is 0 Å². The first-order valence-electron chi connectivity index (χ1n) is 12.6. The minimum absolute atomic E-state index is 0.00528. The Bertz CT molecular complexity index is 904. The van der Waals surface area contributed by atoms with Gasteiger partial charge in [0.15, 0.2) is 5.78 Å². The van der Waals surface area contributed by atoms with Gasteiger partial charge in [-0.15, -0.1) is 0 Å². The molecule has 4 aliphatic carbocycles.